The van der Waals surface area contributed by atoms with E-state index in [0.29, 0.717) is 5.95 Å². The van der Waals surface area contributed by atoms with Crippen molar-refractivity contribution in [2.24, 2.45) is 0 Å². The topological polar surface area (TPSA) is 71.2 Å². The molecule has 1 aliphatic rings. The van der Waals surface area contributed by atoms with Crippen LogP contribution in [0.4, 0.5) is 16.9 Å². The smallest absolute Gasteiger partial charge is 0.222 e. The van der Waals surface area contributed by atoms with E-state index < -0.39 is 0 Å². The summed E-state index contributed by atoms with van der Waals surface area (Å²) in [6.07, 6.45) is 1.85. The molecule has 0 aliphatic carbocycles. The van der Waals surface area contributed by atoms with Gasteiger partial charge in [0.25, 0.3) is 0 Å². The lowest BCUT2D eigenvalue weighted by molar-refractivity contribution is 0.645. The summed E-state index contributed by atoms with van der Waals surface area (Å²) in [4.78, 5) is 17.3. The van der Waals surface area contributed by atoms with Gasteiger partial charge in [-0.05, 0) is 6.92 Å². The number of aromatic nitrogens is 3. The Bertz CT molecular complexity index is 527. The quantitative estimate of drug-likeness (QED) is 0.887. The van der Waals surface area contributed by atoms with Gasteiger partial charge >= 0.3 is 0 Å². The first kappa shape index (κ1) is 12.2. The number of anilines is 3. The van der Waals surface area contributed by atoms with Gasteiger partial charge in [-0.15, -0.1) is 11.3 Å². The van der Waals surface area contributed by atoms with Crippen LogP contribution >= 0.6 is 11.3 Å². The third kappa shape index (κ3) is 2.60. The van der Waals surface area contributed by atoms with Crippen LogP contribution in [0.2, 0.25) is 0 Å². The summed E-state index contributed by atoms with van der Waals surface area (Å²) in [6, 6.07) is 1.98. The van der Waals surface area contributed by atoms with Crippen LogP contribution < -0.4 is 15.5 Å². The number of piperazine rings is 1. The second kappa shape index (κ2) is 5.00. The number of thiazole rings is 1. The molecule has 2 aromatic heterocycles. The van der Waals surface area contributed by atoms with E-state index in [0.717, 1.165) is 42.8 Å². The minimum absolute atomic E-state index is 0.345. The van der Waals surface area contributed by atoms with E-state index in [1.165, 1.54) is 0 Å². The first-order valence-electron chi connectivity index (χ1n) is 6.23. The van der Waals surface area contributed by atoms with Crippen LogP contribution in [0.1, 0.15) is 5.69 Å². The molecule has 0 atom stereocenters. The molecule has 0 bridgehead atoms. The Balaban J connectivity index is 1.70. The minimum atomic E-state index is 0.345. The van der Waals surface area contributed by atoms with Crippen LogP contribution in [0.25, 0.3) is 0 Å². The number of hydrogen-bond acceptors (Lipinski definition) is 7. The zero-order chi connectivity index (χ0) is 13.2. The van der Waals surface area contributed by atoms with Gasteiger partial charge in [-0.2, -0.15) is 4.98 Å². The first-order valence-corrected chi connectivity index (χ1v) is 7.11. The molecule has 2 N–H and O–H groups in total. The maximum absolute atomic E-state index is 5.70. The van der Waals surface area contributed by atoms with E-state index in [9.17, 15) is 0 Å². The number of rotatable bonds is 2. The Hall–Kier alpha value is -1.89. The number of aryl methyl sites for hydroxylation is 1. The molecule has 7 heteroatoms. The van der Waals surface area contributed by atoms with E-state index >= 15 is 0 Å². The van der Waals surface area contributed by atoms with Crippen molar-refractivity contribution in [1.82, 2.24) is 15.0 Å². The fourth-order valence-electron chi connectivity index (χ4n) is 2.24. The van der Waals surface area contributed by atoms with Crippen molar-refractivity contribution >= 4 is 28.2 Å². The Morgan fingerprint density at radius 2 is 1.89 bits per heavy atom. The summed E-state index contributed by atoms with van der Waals surface area (Å²) in [7, 11) is 0. The van der Waals surface area contributed by atoms with Crippen LogP contribution in [-0.4, -0.2) is 41.1 Å². The zero-order valence-electron chi connectivity index (χ0n) is 10.8. The second-order valence-electron chi connectivity index (χ2n) is 4.51. The van der Waals surface area contributed by atoms with Gasteiger partial charge in [0.15, 0.2) is 5.13 Å². The highest BCUT2D eigenvalue weighted by atomic mass is 32.1. The predicted octanol–water partition coefficient (Wildman–Crippen LogP) is 1.15. The molecule has 100 valence electrons. The average molecular weight is 276 g/mol. The van der Waals surface area contributed by atoms with Crippen LogP contribution in [-0.2, 0) is 0 Å². The van der Waals surface area contributed by atoms with Gasteiger partial charge in [0.05, 0.1) is 0 Å². The summed E-state index contributed by atoms with van der Waals surface area (Å²) in [6.45, 7) is 5.70. The predicted molar refractivity (Wildman–Crippen MR) is 77.7 cm³/mol. The van der Waals surface area contributed by atoms with Crippen molar-refractivity contribution in [3.05, 3.63) is 23.3 Å². The lowest BCUT2D eigenvalue weighted by atomic mass is 10.3. The fraction of sp³-hybridized carbons (Fsp3) is 0.417. The van der Waals surface area contributed by atoms with Crippen LogP contribution in [0.5, 0.6) is 0 Å². The fourth-order valence-corrected chi connectivity index (χ4v) is 2.93. The molecule has 0 amide bonds. The molecule has 19 heavy (non-hydrogen) atoms. The highest BCUT2D eigenvalue weighted by Crippen LogP contribution is 2.21. The summed E-state index contributed by atoms with van der Waals surface area (Å²) >= 11 is 1.68. The summed E-state index contributed by atoms with van der Waals surface area (Å²) in [5.74, 6) is 1.26. The highest BCUT2D eigenvalue weighted by molar-refractivity contribution is 7.13. The number of nitrogens with zero attached hydrogens (tertiary/aromatic N) is 5. The maximum Gasteiger partial charge on any atom is 0.222 e. The molecule has 0 aromatic carbocycles. The molecule has 0 saturated carbocycles. The standard InChI is InChI=1S/C12H16N6S/c1-9-8-10(16-11(13)15-9)17-3-5-18(6-4-17)12-14-2-7-19-12/h2,7-8H,3-6H2,1H3,(H2,13,15,16). The Kier molecular flexibility index (Phi) is 3.20. The summed E-state index contributed by atoms with van der Waals surface area (Å²) in [5, 5.41) is 3.11. The lowest BCUT2D eigenvalue weighted by Crippen LogP contribution is -2.46. The van der Waals surface area contributed by atoms with E-state index in [2.05, 4.69) is 24.8 Å². The average Bonchev–Trinajstić information content (AvgIpc) is 2.91. The molecule has 1 saturated heterocycles. The van der Waals surface area contributed by atoms with Crippen LogP contribution in [0.15, 0.2) is 17.6 Å². The van der Waals surface area contributed by atoms with Gasteiger partial charge in [0.2, 0.25) is 5.95 Å². The Morgan fingerprint density at radius 1 is 1.16 bits per heavy atom. The van der Waals surface area contributed by atoms with Crippen LogP contribution in [0.3, 0.4) is 0 Å². The van der Waals surface area contributed by atoms with Gasteiger partial charge in [-0.3, -0.25) is 0 Å². The Labute approximate surface area is 115 Å². The third-order valence-corrected chi connectivity index (χ3v) is 3.98. The lowest BCUT2D eigenvalue weighted by Gasteiger charge is -2.35. The summed E-state index contributed by atoms with van der Waals surface area (Å²) in [5.41, 5.74) is 6.61. The Morgan fingerprint density at radius 3 is 2.53 bits per heavy atom. The monoisotopic (exact) mass is 276 g/mol. The molecule has 3 rings (SSSR count). The number of nitrogen functional groups attached to an aromatic ring is 1. The minimum Gasteiger partial charge on any atom is -0.368 e. The SMILES string of the molecule is Cc1cc(N2CCN(c3nccs3)CC2)nc(N)n1. The molecule has 0 unspecified atom stereocenters. The molecule has 1 fully saturated rings. The van der Waals surface area contributed by atoms with Gasteiger partial charge < -0.3 is 15.5 Å². The van der Waals surface area contributed by atoms with Gasteiger partial charge in [-0.25, -0.2) is 9.97 Å². The molecular formula is C12H16N6S. The largest absolute Gasteiger partial charge is 0.368 e. The van der Waals surface area contributed by atoms with Crippen molar-refractivity contribution in [2.75, 3.05) is 41.7 Å². The van der Waals surface area contributed by atoms with E-state index in [-0.39, 0.29) is 0 Å². The summed E-state index contributed by atoms with van der Waals surface area (Å²) < 4.78 is 0. The first-order chi connectivity index (χ1) is 9.22. The molecule has 0 spiro atoms. The normalized spacial score (nSPS) is 15.8. The van der Waals surface area contributed by atoms with Crippen molar-refractivity contribution in [3.63, 3.8) is 0 Å². The molecular weight excluding hydrogens is 260 g/mol. The number of hydrogen-bond donors (Lipinski definition) is 1. The molecule has 1 aliphatic heterocycles. The van der Waals surface area contributed by atoms with E-state index in [1.54, 1.807) is 11.3 Å². The van der Waals surface area contributed by atoms with Crippen molar-refractivity contribution in [2.45, 2.75) is 6.92 Å². The maximum atomic E-state index is 5.70. The van der Waals surface area contributed by atoms with Crippen molar-refractivity contribution in [3.8, 4) is 0 Å². The van der Waals surface area contributed by atoms with Gasteiger partial charge in [-0.1, -0.05) is 0 Å². The highest BCUT2D eigenvalue weighted by Gasteiger charge is 2.20. The second-order valence-corrected chi connectivity index (χ2v) is 5.39. The third-order valence-electron chi connectivity index (χ3n) is 3.15. The van der Waals surface area contributed by atoms with E-state index in [4.69, 9.17) is 5.73 Å². The molecule has 3 heterocycles. The number of nitrogens with two attached hydrogens (primary N) is 1. The van der Waals surface area contributed by atoms with Crippen molar-refractivity contribution < 1.29 is 0 Å². The van der Waals surface area contributed by atoms with Gasteiger partial charge in [0.1, 0.15) is 5.82 Å². The van der Waals surface area contributed by atoms with Crippen LogP contribution in [0, 0.1) is 6.92 Å². The molecule has 0 radical (unpaired) electrons. The molecule has 2 aromatic rings. The van der Waals surface area contributed by atoms with E-state index in [1.807, 2.05) is 24.6 Å². The zero-order valence-corrected chi connectivity index (χ0v) is 11.6. The van der Waals surface area contributed by atoms with Crippen molar-refractivity contribution in [1.29, 1.82) is 0 Å². The van der Waals surface area contributed by atoms with Gasteiger partial charge in [0, 0.05) is 49.5 Å². The molecule has 6 nitrogen and oxygen atoms in total.